The first-order chi connectivity index (χ1) is 11.6. The van der Waals surface area contributed by atoms with Gasteiger partial charge in [0.15, 0.2) is 17.5 Å². The number of rotatable bonds is 3. The zero-order chi connectivity index (χ0) is 17.3. The van der Waals surface area contributed by atoms with Crippen LogP contribution >= 0.6 is 0 Å². The Bertz CT molecular complexity index is 687. The average Bonchev–Trinajstić information content (AvgIpc) is 2.60. The van der Waals surface area contributed by atoms with Crippen molar-refractivity contribution < 1.29 is 28.6 Å². The largest absolute Gasteiger partial charge is 0.496 e. The van der Waals surface area contributed by atoms with Crippen LogP contribution in [0.3, 0.4) is 0 Å². The topological polar surface area (TPSA) is 78.9 Å². The highest BCUT2D eigenvalue weighted by Crippen LogP contribution is 2.46. The van der Waals surface area contributed by atoms with E-state index in [1.54, 1.807) is 25.1 Å². The summed E-state index contributed by atoms with van der Waals surface area (Å²) < 4.78 is 15.7. The van der Waals surface area contributed by atoms with E-state index in [0.29, 0.717) is 42.9 Å². The number of benzene rings is 1. The van der Waals surface area contributed by atoms with Crippen LogP contribution in [0.15, 0.2) is 18.2 Å². The number of ketones is 2. The lowest BCUT2D eigenvalue weighted by Gasteiger charge is -2.42. The van der Waals surface area contributed by atoms with Gasteiger partial charge < -0.3 is 14.2 Å². The van der Waals surface area contributed by atoms with E-state index in [9.17, 15) is 14.4 Å². The van der Waals surface area contributed by atoms with E-state index in [-0.39, 0.29) is 12.4 Å². The number of fused-ring (bicyclic) bond motifs is 2. The zero-order valence-electron chi connectivity index (χ0n) is 13.8. The maximum absolute atomic E-state index is 13.2. The summed E-state index contributed by atoms with van der Waals surface area (Å²) in [5.41, 5.74) is 0.0632. The van der Waals surface area contributed by atoms with Crippen LogP contribution in [0, 0.1) is 5.92 Å². The van der Waals surface area contributed by atoms with Gasteiger partial charge >= 0.3 is 5.97 Å². The van der Waals surface area contributed by atoms with Gasteiger partial charge in [-0.25, -0.2) is 0 Å². The zero-order valence-corrected chi connectivity index (χ0v) is 13.8. The normalized spacial score (nSPS) is 22.2. The van der Waals surface area contributed by atoms with Crippen LogP contribution < -0.4 is 4.74 Å². The molecule has 1 unspecified atom stereocenters. The minimum Gasteiger partial charge on any atom is -0.496 e. The van der Waals surface area contributed by atoms with Crippen LogP contribution in [0.25, 0.3) is 0 Å². The molecule has 1 fully saturated rings. The molecule has 0 amide bonds. The number of hydrogen-bond donors (Lipinski definition) is 0. The van der Waals surface area contributed by atoms with Crippen molar-refractivity contribution in [2.24, 2.45) is 5.92 Å². The monoisotopic (exact) mass is 332 g/mol. The molecule has 1 aliphatic heterocycles. The van der Waals surface area contributed by atoms with E-state index >= 15 is 0 Å². The van der Waals surface area contributed by atoms with Gasteiger partial charge in [-0.1, -0.05) is 12.1 Å². The molecule has 3 rings (SSSR count). The summed E-state index contributed by atoms with van der Waals surface area (Å²) in [6, 6.07) is 5.21. The molecule has 24 heavy (non-hydrogen) atoms. The van der Waals surface area contributed by atoms with Gasteiger partial charge in [0.1, 0.15) is 5.75 Å². The number of carbonyl (C=O) groups excluding carboxylic acids is 3. The molecule has 0 bridgehead atoms. The maximum atomic E-state index is 13.2. The minimum absolute atomic E-state index is 0.116. The first kappa shape index (κ1) is 16.6. The van der Waals surface area contributed by atoms with Crippen LogP contribution in [0.1, 0.15) is 35.7 Å². The lowest BCUT2D eigenvalue weighted by Crippen LogP contribution is -2.53. The summed E-state index contributed by atoms with van der Waals surface area (Å²) in [4.78, 5) is 38.4. The molecule has 1 atom stereocenters. The van der Waals surface area contributed by atoms with Gasteiger partial charge in [0.25, 0.3) is 0 Å². The minimum atomic E-state index is -1.42. The molecule has 0 N–H and O–H groups in total. The van der Waals surface area contributed by atoms with Crippen molar-refractivity contribution in [3.63, 3.8) is 0 Å². The molecule has 1 aliphatic carbocycles. The van der Waals surface area contributed by atoms with Gasteiger partial charge in [0.05, 0.1) is 24.7 Å². The number of Topliss-reactive ketones (excluding diaryl/α,β-unsaturated/α-hetero) is 2. The van der Waals surface area contributed by atoms with Crippen molar-refractivity contribution in [2.75, 3.05) is 26.9 Å². The molecule has 1 aromatic rings. The van der Waals surface area contributed by atoms with E-state index < -0.39 is 23.1 Å². The van der Waals surface area contributed by atoms with Gasteiger partial charge in [0.2, 0.25) is 0 Å². The van der Waals surface area contributed by atoms with E-state index in [4.69, 9.17) is 14.2 Å². The predicted molar refractivity (Wildman–Crippen MR) is 84.2 cm³/mol. The smallest absolute Gasteiger partial charge is 0.324 e. The first-order valence-corrected chi connectivity index (χ1v) is 8.07. The average molecular weight is 332 g/mol. The van der Waals surface area contributed by atoms with Gasteiger partial charge in [-0.2, -0.15) is 0 Å². The summed E-state index contributed by atoms with van der Waals surface area (Å²) >= 11 is 0. The van der Waals surface area contributed by atoms with Crippen molar-refractivity contribution in [3.05, 3.63) is 29.3 Å². The van der Waals surface area contributed by atoms with Crippen molar-refractivity contribution >= 4 is 17.5 Å². The van der Waals surface area contributed by atoms with Crippen LogP contribution in [-0.4, -0.2) is 44.5 Å². The SMILES string of the molecule is CCOC(=O)C1C(=O)c2c(OC)cccc2C2(CCOCC2)C1=O. The molecule has 1 aromatic carbocycles. The summed E-state index contributed by atoms with van der Waals surface area (Å²) in [6.45, 7) is 2.58. The number of esters is 1. The number of hydrogen-bond acceptors (Lipinski definition) is 6. The molecule has 0 saturated carbocycles. The lowest BCUT2D eigenvalue weighted by molar-refractivity contribution is -0.152. The Labute approximate surface area is 140 Å². The van der Waals surface area contributed by atoms with Crippen LogP contribution in [0.4, 0.5) is 0 Å². The third-order valence-corrected chi connectivity index (χ3v) is 4.87. The van der Waals surface area contributed by atoms with Crippen LogP contribution in [-0.2, 0) is 24.5 Å². The molecular formula is C18H20O6. The highest BCUT2D eigenvalue weighted by Gasteiger charge is 2.56. The lowest BCUT2D eigenvalue weighted by atomic mass is 9.61. The highest BCUT2D eigenvalue weighted by molar-refractivity contribution is 6.28. The first-order valence-electron chi connectivity index (χ1n) is 8.07. The summed E-state index contributed by atoms with van der Waals surface area (Å²) in [5, 5.41) is 0. The molecule has 1 saturated heterocycles. The Hall–Kier alpha value is -2.21. The van der Waals surface area contributed by atoms with Crippen molar-refractivity contribution in [2.45, 2.75) is 25.2 Å². The fourth-order valence-electron chi connectivity index (χ4n) is 3.70. The molecule has 1 spiro atoms. The fourth-order valence-corrected chi connectivity index (χ4v) is 3.70. The molecule has 0 aromatic heterocycles. The van der Waals surface area contributed by atoms with E-state index in [1.807, 2.05) is 0 Å². The molecule has 6 heteroatoms. The van der Waals surface area contributed by atoms with Crippen LogP contribution in [0.2, 0.25) is 0 Å². The molecule has 6 nitrogen and oxygen atoms in total. The Morgan fingerprint density at radius 1 is 1.29 bits per heavy atom. The molecule has 0 radical (unpaired) electrons. The second-order valence-corrected chi connectivity index (χ2v) is 5.99. The highest BCUT2D eigenvalue weighted by atomic mass is 16.5. The molecule has 128 valence electrons. The second kappa shape index (κ2) is 6.36. The Morgan fingerprint density at radius 2 is 2.00 bits per heavy atom. The fraction of sp³-hybridized carbons (Fsp3) is 0.500. The third kappa shape index (κ3) is 2.33. The Morgan fingerprint density at radius 3 is 2.62 bits per heavy atom. The predicted octanol–water partition coefficient (Wildman–Crippen LogP) is 1.69. The quantitative estimate of drug-likeness (QED) is 0.619. The summed E-state index contributed by atoms with van der Waals surface area (Å²) in [7, 11) is 1.47. The van der Waals surface area contributed by atoms with Crippen molar-refractivity contribution in [1.82, 2.24) is 0 Å². The maximum Gasteiger partial charge on any atom is 0.324 e. The standard InChI is InChI=1S/C18H20O6/c1-3-24-17(21)14-15(19)13-11(5-4-6-12(13)22-2)18(16(14)20)7-9-23-10-8-18/h4-6,14H,3,7-10H2,1-2H3. The van der Waals surface area contributed by atoms with E-state index in [2.05, 4.69) is 0 Å². The van der Waals surface area contributed by atoms with Crippen molar-refractivity contribution in [1.29, 1.82) is 0 Å². The number of methoxy groups -OCH3 is 1. The van der Waals surface area contributed by atoms with Gasteiger partial charge in [-0.3, -0.25) is 14.4 Å². The number of carbonyl (C=O) groups is 3. The summed E-state index contributed by atoms with van der Waals surface area (Å²) in [5.74, 6) is -2.75. The molecular weight excluding hydrogens is 312 g/mol. The van der Waals surface area contributed by atoms with Gasteiger partial charge in [-0.15, -0.1) is 0 Å². The Kier molecular flexibility index (Phi) is 4.41. The third-order valence-electron chi connectivity index (χ3n) is 4.87. The van der Waals surface area contributed by atoms with Crippen LogP contribution in [0.5, 0.6) is 5.75 Å². The van der Waals surface area contributed by atoms with Gasteiger partial charge in [0, 0.05) is 13.2 Å². The Balaban J connectivity index is 2.21. The molecule has 2 aliphatic rings. The van der Waals surface area contributed by atoms with E-state index in [1.165, 1.54) is 7.11 Å². The second-order valence-electron chi connectivity index (χ2n) is 5.99. The summed E-state index contributed by atoms with van der Waals surface area (Å²) in [6.07, 6.45) is 0.879. The van der Waals surface area contributed by atoms with Gasteiger partial charge in [-0.05, 0) is 31.4 Å². The van der Waals surface area contributed by atoms with Crippen molar-refractivity contribution in [3.8, 4) is 5.75 Å². The van der Waals surface area contributed by atoms with E-state index in [0.717, 1.165) is 0 Å². The molecule has 1 heterocycles. The number of ether oxygens (including phenoxy) is 3.